The maximum Gasteiger partial charge on any atom is 0.280 e. The quantitative estimate of drug-likeness (QED) is 0.864. The third-order valence-electron chi connectivity index (χ3n) is 4.53. The van der Waals surface area contributed by atoms with Crippen LogP contribution in [0.25, 0.3) is 0 Å². The molecule has 0 aromatic rings. The number of nitrogens with one attached hydrogen (secondary N) is 1. The van der Waals surface area contributed by atoms with Crippen LogP contribution in [0, 0.1) is 0 Å². The third kappa shape index (κ3) is 3.93. The summed E-state index contributed by atoms with van der Waals surface area (Å²) in [5, 5.41) is 2.38. The van der Waals surface area contributed by atoms with E-state index in [4.69, 9.17) is 0 Å². The summed E-state index contributed by atoms with van der Waals surface area (Å²) in [5.74, 6) is -3.24. The Morgan fingerprint density at radius 1 is 1.19 bits per heavy atom. The average Bonchev–Trinajstić information content (AvgIpc) is 2.40. The average molecular weight is 301 g/mol. The van der Waals surface area contributed by atoms with Crippen molar-refractivity contribution in [2.75, 3.05) is 26.2 Å². The van der Waals surface area contributed by atoms with Gasteiger partial charge in [-0.05, 0) is 26.2 Å². The summed E-state index contributed by atoms with van der Waals surface area (Å²) in [6, 6.07) is -0.813. The van der Waals surface area contributed by atoms with Crippen LogP contribution >= 0.6 is 0 Å². The zero-order chi connectivity index (χ0) is 15.6. The second-order valence-electron chi connectivity index (χ2n) is 6.23. The maximum atomic E-state index is 14.2. The van der Waals surface area contributed by atoms with Gasteiger partial charge in [0.1, 0.15) is 0 Å². The van der Waals surface area contributed by atoms with E-state index in [1.807, 2.05) is 11.8 Å². The van der Waals surface area contributed by atoms with Crippen LogP contribution < -0.4 is 5.32 Å². The van der Waals surface area contributed by atoms with Crippen molar-refractivity contribution in [2.24, 2.45) is 0 Å². The van der Waals surface area contributed by atoms with Crippen molar-refractivity contribution < 1.29 is 13.6 Å². The van der Waals surface area contributed by atoms with Gasteiger partial charge in [0.25, 0.3) is 5.92 Å². The number of rotatable bonds is 3. The SMILES string of the molecule is C=C(C)N1CCC(N2CCC(NC(C)=O)C(F)(F)C2)CC1. The van der Waals surface area contributed by atoms with Gasteiger partial charge in [-0.2, -0.15) is 0 Å². The Morgan fingerprint density at radius 3 is 2.29 bits per heavy atom. The Balaban J connectivity index is 1.90. The van der Waals surface area contributed by atoms with Crippen molar-refractivity contribution in [3.05, 3.63) is 12.3 Å². The van der Waals surface area contributed by atoms with E-state index >= 15 is 0 Å². The molecule has 21 heavy (non-hydrogen) atoms. The van der Waals surface area contributed by atoms with E-state index in [0.717, 1.165) is 31.6 Å². The highest BCUT2D eigenvalue weighted by Crippen LogP contribution is 2.31. The zero-order valence-corrected chi connectivity index (χ0v) is 12.9. The summed E-state index contributed by atoms with van der Waals surface area (Å²) in [5.41, 5.74) is 1.04. The Hall–Kier alpha value is -1.17. The largest absolute Gasteiger partial charge is 0.375 e. The second kappa shape index (κ2) is 6.30. The minimum Gasteiger partial charge on any atom is -0.375 e. The molecule has 1 N–H and O–H groups in total. The van der Waals surface area contributed by atoms with E-state index in [-0.39, 0.29) is 18.5 Å². The van der Waals surface area contributed by atoms with Gasteiger partial charge >= 0.3 is 0 Å². The van der Waals surface area contributed by atoms with Gasteiger partial charge in [-0.25, -0.2) is 8.78 Å². The first-order valence-electron chi connectivity index (χ1n) is 7.59. The molecule has 0 spiro atoms. The molecule has 2 rings (SSSR count). The molecule has 1 amide bonds. The van der Waals surface area contributed by atoms with E-state index in [2.05, 4.69) is 16.8 Å². The number of halogens is 2. The lowest BCUT2D eigenvalue weighted by molar-refractivity contribution is -0.131. The van der Waals surface area contributed by atoms with Crippen LogP contribution in [0.15, 0.2) is 12.3 Å². The molecule has 120 valence electrons. The Morgan fingerprint density at radius 2 is 1.81 bits per heavy atom. The smallest absolute Gasteiger partial charge is 0.280 e. The second-order valence-corrected chi connectivity index (χ2v) is 6.23. The highest BCUT2D eigenvalue weighted by Gasteiger charge is 2.46. The van der Waals surface area contributed by atoms with Gasteiger partial charge < -0.3 is 10.2 Å². The Kier molecular flexibility index (Phi) is 4.86. The molecule has 2 fully saturated rings. The van der Waals surface area contributed by atoms with Gasteiger partial charge in [-0.1, -0.05) is 6.58 Å². The normalized spacial score (nSPS) is 27.4. The van der Waals surface area contributed by atoms with Gasteiger partial charge in [-0.3, -0.25) is 9.69 Å². The number of allylic oxidation sites excluding steroid dienone is 1. The van der Waals surface area contributed by atoms with Crippen molar-refractivity contribution >= 4 is 5.91 Å². The molecule has 1 atom stereocenters. The summed E-state index contributed by atoms with van der Waals surface area (Å²) in [6.45, 7) is 9.34. The monoisotopic (exact) mass is 301 g/mol. The summed E-state index contributed by atoms with van der Waals surface area (Å²) in [7, 11) is 0. The molecular formula is C15H25F2N3O. The first kappa shape index (κ1) is 16.2. The number of carbonyl (C=O) groups is 1. The molecule has 0 aromatic carbocycles. The predicted octanol–water partition coefficient (Wildman–Crippen LogP) is 1.83. The van der Waals surface area contributed by atoms with Crippen molar-refractivity contribution in [2.45, 2.75) is 51.1 Å². The number of hydrogen-bond acceptors (Lipinski definition) is 3. The number of alkyl halides is 2. The molecular weight excluding hydrogens is 276 g/mol. The minimum absolute atomic E-state index is 0.213. The molecule has 2 aliphatic rings. The molecule has 2 saturated heterocycles. The summed E-state index contributed by atoms with van der Waals surface area (Å²) in [4.78, 5) is 15.1. The molecule has 4 nitrogen and oxygen atoms in total. The summed E-state index contributed by atoms with van der Waals surface area (Å²) < 4.78 is 28.3. The van der Waals surface area contributed by atoms with E-state index in [9.17, 15) is 13.6 Å². The fourth-order valence-corrected chi connectivity index (χ4v) is 3.31. The maximum absolute atomic E-state index is 14.2. The van der Waals surface area contributed by atoms with E-state index < -0.39 is 12.0 Å². The Bertz CT molecular complexity index is 406. The van der Waals surface area contributed by atoms with Gasteiger partial charge in [-0.15, -0.1) is 0 Å². The molecule has 0 bridgehead atoms. The third-order valence-corrected chi connectivity index (χ3v) is 4.53. The molecule has 0 saturated carbocycles. The molecule has 0 radical (unpaired) electrons. The number of hydrogen-bond donors (Lipinski definition) is 1. The molecule has 0 aromatic heterocycles. The lowest BCUT2D eigenvalue weighted by Gasteiger charge is -2.45. The topological polar surface area (TPSA) is 35.6 Å². The molecule has 1 unspecified atom stereocenters. The summed E-state index contributed by atoms with van der Waals surface area (Å²) >= 11 is 0. The van der Waals surface area contributed by atoms with Crippen LogP contribution in [-0.2, 0) is 4.79 Å². The number of nitrogens with zero attached hydrogens (tertiary/aromatic N) is 2. The number of amides is 1. The number of carbonyl (C=O) groups excluding carboxylic acids is 1. The van der Waals surface area contributed by atoms with Crippen LogP contribution in [0.1, 0.15) is 33.1 Å². The number of likely N-dealkylation sites (tertiary alicyclic amines) is 2. The molecule has 0 aliphatic carbocycles. The van der Waals surface area contributed by atoms with Crippen LogP contribution in [0.4, 0.5) is 8.78 Å². The fraction of sp³-hybridized carbons (Fsp3) is 0.800. The van der Waals surface area contributed by atoms with E-state index in [1.54, 1.807) is 0 Å². The van der Waals surface area contributed by atoms with Crippen LogP contribution in [0.2, 0.25) is 0 Å². The first-order valence-corrected chi connectivity index (χ1v) is 7.59. The highest BCUT2D eigenvalue weighted by atomic mass is 19.3. The highest BCUT2D eigenvalue weighted by molar-refractivity contribution is 5.73. The van der Waals surface area contributed by atoms with Crippen LogP contribution in [0.3, 0.4) is 0 Å². The van der Waals surface area contributed by atoms with Crippen LogP contribution in [-0.4, -0.2) is 59.9 Å². The van der Waals surface area contributed by atoms with Crippen molar-refractivity contribution in [3.8, 4) is 0 Å². The lowest BCUT2D eigenvalue weighted by atomic mass is 9.95. The van der Waals surface area contributed by atoms with E-state index in [0.29, 0.717) is 13.0 Å². The van der Waals surface area contributed by atoms with Gasteiger partial charge in [0, 0.05) is 38.3 Å². The van der Waals surface area contributed by atoms with Gasteiger partial charge in [0.05, 0.1) is 12.6 Å². The first-order chi connectivity index (χ1) is 9.79. The van der Waals surface area contributed by atoms with Gasteiger partial charge in [0.2, 0.25) is 5.91 Å². The van der Waals surface area contributed by atoms with Crippen molar-refractivity contribution in [1.82, 2.24) is 15.1 Å². The molecule has 2 heterocycles. The predicted molar refractivity (Wildman–Crippen MR) is 78.2 cm³/mol. The zero-order valence-electron chi connectivity index (χ0n) is 12.9. The van der Waals surface area contributed by atoms with Gasteiger partial charge in [0.15, 0.2) is 0 Å². The Labute approximate surface area is 125 Å². The summed E-state index contributed by atoms with van der Waals surface area (Å²) in [6.07, 6.45) is 2.11. The van der Waals surface area contributed by atoms with Crippen LogP contribution in [0.5, 0.6) is 0 Å². The molecule has 6 heteroatoms. The van der Waals surface area contributed by atoms with Crippen molar-refractivity contribution in [3.63, 3.8) is 0 Å². The van der Waals surface area contributed by atoms with Crippen molar-refractivity contribution in [1.29, 1.82) is 0 Å². The minimum atomic E-state index is -2.85. The lowest BCUT2D eigenvalue weighted by Crippen LogP contribution is -2.60. The standard InChI is InChI=1S/C15H25F2N3O/c1-11(2)19-7-4-13(5-8-19)20-9-6-14(18-12(3)21)15(16,17)10-20/h13-14H,1,4-10H2,2-3H3,(H,18,21). The molecule has 2 aliphatic heterocycles. The number of piperidine rings is 2. The fourth-order valence-electron chi connectivity index (χ4n) is 3.31. The van der Waals surface area contributed by atoms with E-state index in [1.165, 1.54) is 6.92 Å².